The lowest BCUT2D eigenvalue weighted by Crippen LogP contribution is -2.14. The minimum Gasteiger partial charge on any atom is -0.353 e. The van der Waals surface area contributed by atoms with Crippen molar-refractivity contribution in [2.45, 2.75) is 31.7 Å². The molecule has 0 bridgehead atoms. The first kappa shape index (κ1) is 13.0. The molecule has 0 unspecified atom stereocenters. The van der Waals surface area contributed by atoms with Crippen LogP contribution in [0.2, 0.25) is 0 Å². The highest BCUT2D eigenvalue weighted by Crippen LogP contribution is 2.26. The maximum atomic E-state index is 4.55. The van der Waals surface area contributed by atoms with Crippen molar-refractivity contribution in [2.75, 3.05) is 11.6 Å². The van der Waals surface area contributed by atoms with E-state index in [9.17, 15) is 0 Å². The Balaban J connectivity index is 2.49. The number of nitrogens with zero attached hydrogens (tertiary/aromatic N) is 2. The minimum absolute atomic E-state index is 0.368. The van der Waals surface area contributed by atoms with Gasteiger partial charge in [-0.05, 0) is 39.2 Å². The fourth-order valence-electron chi connectivity index (χ4n) is 1.87. The van der Waals surface area contributed by atoms with Crippen LogP contribution in [0.5, 0.6) is 0 Å². The monoisotopic (exact) mass is 261 g/mol. The Morgan fingerprint density at radius 2 is 2.00 bits per heavy atom. The van der Waals surface area contributed by atoms with Gasteiger partial charge in [-0.25, -0.2) is 4.98 Å². The quantitative estimate of drug-likeness (QED) is 0.851. The summed E-state index contributed by atoms with van der Waals surface area (Å²) in [4.78, 5) is 5.80. The van der Waals surface area contributed by atoms with Gasteiger partial charge in [-0.1, -0.05) is 12.1 Å². The van der Waals surface area contributed by atoms with E-state index in [1.54, 1.807) is 11.8 Å². The Morgan fingerprint density at radius 1 is 1.28 bits per heavy atom. The molecule has 4 heteroatoms. The predicted octanol–water partition coefficient (Wildman–Crippen LogP) is 3.72. The first-order valence-electron chi connectivity index (χ1n) is 6.07. The number of benzene rings is 1. The number of anilines is 1. The van der Waals surface area contributed by atoms with Gasteiger partial charge in [0.25, 0.3) is 0 Å². The van der Waals surface area contributed by atoms with Crippen molar-refractivity contribution >= 4 is 17.7 Å². The Kier molecular flexibility index (Phi) is 3.97. The van der Waals surface area contributed by atoms with Gasteiger partial charge in [0, 0.05) is 17.1 Å². The van der Waals surface area contributed by atoms with Crippen LogP contribution in [0.1, 0.15) is 19.5 Å². The number of nitrogens with one attached hydrogen (secondary N) is 1. The summed E-state index contributed by atoms with van der Waals surface area (Å²) in [6.07, 6.45) is 4.16. The molecule has 1 heterocycles. The summed E-state index contributed by atoms with van der Waals surface area (Å²) < 4.78 is 2.13. The van der Waals surface area contributed by atoms with E-state index in [-0.39, 0.29) is 0 Å². The first-order valence-corrected chi connectivity index (χ1v) is 7.30. The van der Waals surface area contributed by atoms with Crippen molar-refractivity contribution < 1.29 is 0 Å². The number of hydrogen-bond donors (Lipinski definition) is 1. The summed E-state index contributed by atoms with van der Waals surface area (Å²) in [5, 5.41) is 3.39. The fraction of sp³-hybridized carbons (Fsp3) is 0.357. The molecular weight excluding hydrogens is 242 g/mol. The molecule has 1 N–H and O–H groups in total. The van der Waals surface area contributed by atoms with Crippen LogP contribution in [0.3, 0.4) is 0 Å². The van der Waals surface area contributed by atoms with Crippen LogP contribution in [-0.2, 0) is 0 Å². The second-order valence-electron chi connectivity index (χ2n) is 4.55. The predicted molar refractivity (Wildman–Crippen MR) is 78.8 cm³/mol. The van der Waals surface area contributed by atoms with Crippen LogP contribution in [0, 0.1) is 6.92 Å². The highest BCUT2D eigenvalue weighted by molar-refractivity contribution is 7.98. The van der Waals surface area contributed by atoms with Crippen LogP contribution in [-0.4, -0.2) is 21.8 Å². The van der Waals surface area contributed by atoms with Crippen molar-refractivity contribution in [3.63, 3.8) is 0 Å². The molecule has 1 aromatic heterocycles. The zero-order valence-corrected chi connectivity index (χ0v) is 12.1. The van der Waals surface area contributed by atoms with E-state index >= 15 is 0 Å². The van der Waals surface area contributed by atoms with Crippen molar-refractivity contribution in [2.24, 2.45) is 0 Å². The standard InChI is InChI=1S/C14H19N3S/c1-10(2)15-14-16-11(3)9-17(14)12-7-5-6-8-13(12)18-4/h5-10H,1-4H3,(H,15,16). The highest BCUT2D eigenvalue weighted by atomic mass is 32.2. The van der Waals surface area contributed by atoms with Crippen LogP contribution in [0.15, 0.2) is 35.4 Å². The third-order valence-electron chi connectivity index (χ3n) is 2.59. The van der Waals surface area contributed by atoms with E-state index in [1.165, 1.54) is 10.6 Å². The Morgan fingerprint density at radius 3 is 2.67 bits per heavy atom. The second kappa shape index (κ2) is 5.48. The number of para-hydroxylation sites is 1. The molecule has 2 aromatic rings. The number of aryl methyl sites for hydroxylation is 1. The number of thioether (sulfide) groups is 1. The molecule has 0 atom stereocenters. The van der Waals surface area contributed by atoms with Gasteiger partial charge in [0.1, 0.15) is 0 Å². The average molecular weight is 261 g/mol. The molecular formula is C14H19N3S. The number of aromatic nitrogens is 2. The van der Waals surface area contributed by atoms with Crippen molar-refractivity contribution in [1.29, 1.82) is 0 Å². The lowest BCUT2D eigenvalue weighted by Gasteiger charge is -2.14. The van der Waals surface area contributed by atoms with Crippen molar-refractivity contribution in [3.8, 4) is 5.69 Å². The van der Waals surface area contributed by atoms with E-state index in [0.29, 0.717) is 6.04 Å². The first-order chi connectivity index (χ1) is 8.61. The molecule has 0 spiro atoms. The molecule has 0 saturated heterocycles. The number of imidazole rings is 1. The van der Waals surface area contributed by atoms with E-state index in [1.807, 2.05) is 6.92 Å². The summed E-state index contributed by atoms with van der Waals surface area (Å²) in [6.45, 7) is 6.26. The van der Waals surface area contributed by atoms with E-state index < -0.39 is 0 Å². The van der Waals surface area contributed by atoms with Gasteiger partial charge >= 0.3 is 0 Å². The van der Waals surface area contributed by atoms with Gasteiger partial charge in [0.05, 0.1) is 11.4 Å². The van der Waals surface area contributed by atoms with E-state index in [0.717, 1.165) is 11.6 Å². The van der Waals surface area contributed by atoms with Gasteiger partial charge < -0.3 is 5.32 Å². The van der Waals surface area contributed by atoms with Crippen LogP contribution in [0.25, 0.3) is 5.69 Å². The molecule has 0 aliphatic heterocycles. The molecule has 0 aliphatic rings. The van der Waals surface area contributed by atoms with Gasteiger partial charge in [-0.2, -0.15) is 0 Å². The molecule has 18 heavy (non-hydrogen) atoms. The van der Waals surface area contributed by atoms with Gasteiger partial charge in [0.15, 0.2) is 0 Å². The number of rotatable bonds is 4. The second-order valence-corrected chi connectivity index (χ2v) is 5.39. The van der Waals surface area contributed by atoms with E-state index in [4.69, 9.17) is 0 Å². The molecule has 0 amide bonds. The summed E-state index contributed by atoms with van der Waals surface area (Å²) in [5.41, 5.74) is 2.20. The Hall–Kier alpha value is -1.42. The zero-order chi connectivity index (χ0) is 13.1. The topological polar surface area (TPSA) is 29.9 Å². The summed E-state index contributed by atoms with van der Waals surface area (Å²) in [5.74, 6) is 0.906. The molecule has 0 aliphatic carbocycles. The largest absolute Gasteiger partial charge is 0.353 e. The van der Waals surface area contributed by atoms with Crippen LogP contribution < -0.4 is 5.32 Å². The summed E-state index contributed by atoms with van der Waals surface area (Å²) in [6, 6.07) is 8.75. The molecule has 0 saturated carbocycles. The smallest absolute Gasteiger partial charge is 0.207 e. The van der Waals surface area contributed by atoms with Gasteiger partial charge in [-0.3, -0.25) is 4.57 Å². The number of hydrogen-bond acceptors (Lipinski definition) is 3. The zero-order valence-electron chi connectivity index (χ0n) is 11.3. The van der Waals surface area contributed by atoms with Crippen molar-refractivity contribution in [3.05, 3.63) is 36.2 Å². The fourth-order valence-corrected chi connectivity index (χ4v) is 2.46. The SMILES string of the molecule is CSc1ccccc1-n1cc(C)nc1NC(C)C. The average Bonchev–Trinajstić information content (AvgIpc) is 2.69. The molecule has 96 valence electrons. The third kappa shape index (κ3) is 2.70. The Bertz CT molecular complexity index is 532. The molecule has 0 fully saturated rings. The summed E-state index contributed by atoms with van der Waals surface area (Å²) in [7, 11) is 0. The highest BCUT2D eigenvalue weighted by Gasteiger charge is 2.11. The Labute approximate surface area is 113 Å². The van der Waals surface area contributed by atoms with Gasteiger partial charge in [-0.15, -0.1) is 11.8 Å². The molecule has 0 radical (unpaired) electrons. The van der Waals surface area contributed by atoms with Crippen LogP contribution >= 0.6 is 11.8 Å². The molecule has 2 rings (SSSR count). The van der Waals surface area contributed by atoms with Crippen LogP contribution in [0.4, 0.5) is 5.95 Å². The lowest BCUT2D eigenvalue weighted by atomic mass is 10.3. The molecule has 3 nitrogen and oxygen atoms in total. The minimum atomic E-state index is 0.368. The maximum Gasteiger partial charge on any atom is 0.207 e. The third-order valence-corrected chi connectivity index (χ3v) is 3.37. The molecule has 1 aromatic carbocycles. The summed E-state index contributed by atoms with van der Waals surface area (Å²) >= 11 is 1.75. The van der Waals surface area contributed by atoms with Gasteiger partial charge in [0.2, 0.25) is 5.95 Å². The van der Waals surface area contributed by atoms with Crippen molar-refractivity contribution in [1.82, 2.24) is 9.55 Å². The van der Waals surface area contributed by atoms with E-state index in [2.05, 4.69) is 65.4 Å². The maximum absolute atomic E-state index is 4.55. The normalized spacial score (nSPS) is 10.9. The lowest BCUT2D eigenvalue weighted by molar-refractivity contribution is 0.861.